The molecule has 5 nitrogen and oxygen atoms in total. The number of rotatable bonds is 3. The Morgan fingerprint density at radius 3 is 3.05 bits per heavy atom. The summed E-state index contributed by atoms with van der Waals surface area (Å²) in [5.74, 6) is 0. The van der Waals surface area contributed by atoms with Gasteiger partial charge in [-0.15, -0.1) is 0 Å². The van der Waals surface area contributed by atoms with Gasteiger partial charge in [0.2, 0.25) is 0 Å². The molecule has 2 heterocycles. The lowest BCUT2D eigenvalue weighted by Crippen LogP contribution is -2.40. The van der Waals surface area contributed by atoms with E-state index in [4.69, 9.17) is 4.18 Å². The molecule has 114 valence electrons. The van der Waals surface area contributed by atoms with Gasteiger partial charge in [-0.1, -0.05) is 27.3 Å². The van der Waals surface area contributed by atoms with Crippen LogP contribution in [0.3, 0.4) is 0 Å². The van der Waals surface area contributed by atoms with E-state index in [2.05, 4.69) is 25.8 Å². The fourth-order valence-corrected chi connectivity index (χ4v) is 4.66. The number of hydrogen-bond acceptors (Lipinski definition) is 6. The first kappa shape index (κ1) is 15.2. The average molecular weight is 391 g/mol. The normalized spacial score (nSPS) is 20.1. The number of fused-ring (bicyclic) bond motifs is 1. The van der Waals surface area contributed by atoms with Crippen LogP contribution in [0.25, 0.3) is 10.2 Å². The van der Waals surface area contributed by atoms with Crippen molar-refractivity contribution < 1.29 is 12.6 Å². The highest BCUT2D eigenvalue weighted by Crippen LogP contribution is 2.32. The zero-order chi connectivity index (χ0) is 15.0. The third-order valence-electron chi connectivity index (χ3n) is 3.30. The molecule has 0 N–H and O–H groups in total. The van der Waals surface area contributed by atoms with Gasteiger partial charge in [0, 0.05) is 17.6 Å². The summed E-state index contributed by atoms with van der Waals surface area (Å²) in [5.41, 5.74) is 0.962. The number of aromatic nitrogens is 1. The Bertz CT molecular complexity index is 760. The minimum atomic E-state index is -3.41. The van der Waals surface area contributed by atoms with Gasteiger partial charge in [-0.2, -0.15) is 8.42 Å². The highest BCUT2D eigenvalue weighted by atomic mass is 79.9. The number of halogens is 1. The zero-order valence-electron chi connectivity index (χ0n) is 11.5. The van der Waals surface area contributed by atoms with Crippen LogP contribution in [0.15, 0.2) is 22.7 Å². The second-order valence-corrected chi connectivity index (χ2v) is 8.64. The van der Waals surface area contributed by atoms with Crippen LogP contribution < -0.4 is 4.90 Å². The maximum absolute atomic E-state index is 11.3. The molecule has 21 heavy (non-hydrogen) atoms. The molecule has 1 atom stereocenters. The highest BCUT2D eigenvalue weighted by molar-refractivity contribution is 9.10. The lowest BCUT2D eigenvalue weighted by atomic mass is 10.1. The summed E-state index contributed by atoms with van der Waals surface area (Å²) in [5, 5.41) is 0.921. The molecule has 1 aliphatic heterocycles. The van der Waals surface area contributed by atoms with Gasteiger partial charge >= 0.3 is 0 Å². The molecule has 2 aromatic rings. The molecule has 0 amide bonds. The van der Waals surface area contributed by atoms with Crippen molar-refractivity contribution in [2.24, 2.45) is 0 Å². The monoisotopic (exact) mass is 390 g/mol. The van der Waals surface area contributed by atoms with E-state index >= 15 is 0 Å². The largest absolute Gasteiger partial charge is 0.345 e. The average Bonchev–Trinajstić information content (AvgIpc) is 2.80. The molecule has 1 aliphatic rings. The third kappa shape index (κ3) is 3.74. The van der Waals surface area contributed by atoms with Crippen molar-refractivity contribution in [2.45, 2.75) is 18.9 Å². The van der Waals surface area contributed by atoms with Crippen LogP contribution in [0.5, 0.6) is 0 Å². The standard InChI is InChI=1S/C13H15BrN2O3S2/c1-21(17,18)19-10-3-2-6-16(8-10)13-15-11-5-4-9(14)7-12(11)20-13/h4-5,7,10H,2-3,6,8H2,1H3. The Kier molecular flexibility index (Phi) is 4.22. The second kappa shape index (κ2) is 5.83. The van der Waals surface area contributed by atoms with Crippen molar-refractivity contribution in [3.8, 4) is 0 Å². The van der Waals surface area contributed by atoms with E-state index in [1.807, 2.05) is 18.2 Å². The first-order chi connectivity index (χ1) is 9.90. The van der Waals surface area contributed by atoms with Gasteiger partial charge in [0.15, 0.2) is 5.13 Å². The van der Waals surface area contributed by atoms with Gasteiger partial charge in [-0.05, 0) is 31.0 Å². The van der Waals surface area contributed by atoms with E-state index in [9.17, 15) is 8.42 Å². The van der Waals surface area contributed by atoms with Gasteiger partial charge in [0.05, 0.1) is 22.6 Å². The smallest absolute Gasteiger partial charge is 0.264 e. The Morgan fingerprint density at radius 1 is 1.48 bits per heavy atom. The summed E-state index contributed by atoms with van der Waals surface area (Å²) in [6.07, 6.45) is 2.48. The third-order valence-corrected chi connectivity index (χ3v) is 5.49. The number of hydrogen-bond donors (Lipinski definition) is 0. The van der Waals surface area contributed by atoms with Crippen LogP contribution in [-0.4, -0.2) is 38.9 Å². The molecule has 0 saturated carbocycles. The number of anilines is 1. The van der Waals surface area contributed by atoms with E-state index in [-0.39, 0.29) is 6.10 Å². The van der Waals surface area contributed by atoms with Crippen molar-refractivity contribution in [3.63, 3.8) is 0 Å². The summed E-state index contributed by atoms with van der Waals surface area (Å²) < 4.78 is 29.8. The molecule has 1 saturated heterocycles. The SMILES string of the molecule is CS(=O)(=O)OC1CCCN(c2nc3ccc(Br)cc3s2)C1. The van der Waals surface area contributed by atoms with Crippen LogP contribution >= 0.6 is 27.3 Å². The molecule has 0 bridgehead atoms. The number of nitrogens with zero attached hydrogens (tertiary/aromatic N) is 2. The molecule has 0 spiro atoms. The molecule has 3 rings (SSSR count). The maximum Gasteiger partial charge on any atom is 0.264 e. The van der Waals surface area contributed by atoms with Crippen LogP contribution in [0.4, 0.5) is 5.13 Å². The molecule has 0 aliphatic carbocycles. The molecular weight excluding hydrogens is 376 g/mol. The summed E-state index contributed by atoms with van der Waals surface area (Å²) >= 11 is 5.08. The fraction of sp³-hybridized carbons (Fsp3) is 0.462. The predicted molar refractivity (Wildman–Crippen MR) is 88.5 cm³/mol. The molecule has 1 unspecified atom stereocenters. The topological polar surface area (TPSA) is 59.5 Å². The van der Waals surface area contributed by atoms with E-state index in [0.29, 0.717) is 6.54 Å². The van der Waals surface area contributed by atoms with Gasteiger partial charge in [0.1, 0.15) is 0 Å². The van der Waals surface area contributed by atoms with Crippen molar-refractivity contribution in [2.75, 3.05) is 24.2 Å². The lowest BCUT2D eigenvalue weighted by Gasteiger charge is -2.31. The molecular formula is C13H15BrN2O3S2. The van der Waals surface area contributed by atoms with Crippen LogP contribution in [-0.2, 0) is 14.3 Å². The first-order valence-electron chi connectivity index (χ1n) is 6.60. The molecule has 8 heteroatoms. The number of piperidine rings is 1. The van der Waals surface area contributed by atoms with E-state index < -0.39 is 10.1 Å². The van der Waals surface area contributed by atoms with Gasteiger partial charge in [-0.3, -0.25) is 4.18 Å². The van der Waals surface area contributed by atoms with Crippen molar-refractivity contribution in [1.82, 2.24) is 4.98 Å². The number of benzene rings is 1. The predicted octanol–water partition coefficient (Wildman–Crippen LogP) is 3.00. The highest BCUT2D eigenvalue weighted by Gasteiger charge is 2.25. The minimum Gasteiger partial charge on any atom is -0.345 e. The first-order valence-corrected chi connectivity index (χ1v) is 10.0. The Balaban J connectivity index is 1.81. The van der Waals surface area contributed by atoms with Gasteiger partial charge in [-0.25, -0.2) is 4.98 Å². The van der Waals surface area contributed by atoms with Crippen molar-refractivity contribution in [1.29, 1.82) is 0 Å². The summed E-state index contributed by atoms with van der Waals surface area (Å²) in [4.78, 5) is 6.74. The van der Waals surface area contributed by atoms with Crippen molar-refractivity contribution in [3.05, 3.63) is 22.7 Å². The Hall–Kier alpha value is -0.700. The summed E-state index contributed by atoms with van der Waals surface area (Å²) in [7, 11) is -3.41. The van der Waals surface area contributed by atoms with E-state index in [1.165, 1.54) is 0 Å². The minimum absolute atomic E-state index is 0.285. The van der Waals surface area contributed by atoms with Gasteiger partial charge in [0.25, 0.3) is 10.1 Å². The Morgan fingerprint density at radius 2 is 2.29 bits per heavy atom. The maximum atomic E-state index is 11.3. The fourth-order valence-electron chi connectivity index (χ4n) is 2.46. The van der Waals surface area contributed by atoms with Gasteiger partial charge < -0.3 is 4.90 Å². The molecule has 0 radical (unpaired) electrons. The quantitative estimate of drug-likeness (QED) is 0.753. The lowest BCUT2D eigenvalue weighted by molar-refractivity contribution is 0.188. The van der Waals surface area contributed by atoms with Crippen molar-refractivity contribution >= 4 is 52.7 Å². The molecule has 1 aromatic heterocycles. The van der Waals surface area contributed by atoms with E-state index in [0.717, 1.165) is 45.5 Å². The van der Waals surface area contributed by atoms with Crippen LogP contribution in [0.2, 0.25) is 0 Å². The molecule has 1 aromatic carbocycles. The van der Waals surface area contributed by atoms with Crippen LogP contribution in [0, 0.1) is 0 Å². The number of thiazole rings is 1. The molecule has 1 fully saturated rings. The summed E-state index contributed by atoms with van der Waals surface area (Å²) in [6, 6.07) is 6.00. The van der Waals surface area contributed by atoms with E-state index in [1.54, 1.807) is 11.3 Å². The second-order valence-electron chi connectivity index (χ2n) is 5.12. The Labute approximate surface area is 136 Å². The summed E-state index contributed by atoms with van der Waals surface area (Å²) in [6.45, 7) is 1.44. The van der Waals surface area contributed by atoms with Crippen LogP contribution in [0.1, 0.15) is 12.8 Å². The zero-order valence-corrected chi connectivity index (χ0v) is 14.7.